The lowest BCUT2D eigenvalue weighted by Crippen LogP contribution is -2.53. The number of benzene rings is 1. The molecule has 1 aliphatic rings. The summed E-state index contributed by atoms with van der Waals surface area (Å²) in [6, 6.07) is 6.62. The number of anilines is 3. The fraction of sp³-hybridized carbons (Fsp3) is 0.444. The summed E-state index contributed by atoms with van der Waals surface area (Å²) < 4.78 is 39.6. The van der Waals surface area contributed by atoms with Gasteiger partial charge in [0.2, 0.25) is 5.95 Å². The monoisotopic (exact) mass is 393 g/mol. The van der Waals surface area contributed by atoms with Crippen molar-refractivity contribution in [2.24, 2.45) is 0 Å². The minimum atomic E-state index is -2.76. The molecule has 27 heavy (non-hydrogen) atoms. The van der Waals surface area contributed by atoms with Crippen LogP contribution in [0.15, 0.2) is 35.4 Å². The zero-order valence-corrected chi connectivity index (χ0v) is 16.6. The van der Waals surface area contributed by atoms with Crippen LogP contribution in [0.2, 0.25) is 0 Å². The minimum absolute atomic E-state index is 0.00989. The molecular weight excluding hydrogens is 369 g/mol. The van der Waals surface area contributed by atoms with Gasteiger partial charge in [-0.1, -0.05) is 0 Å². The van der Waals surface area contributed by atoms with Gasteiger partial charge in [0.25, 0.3) is 0 Å². The zero-order chi connectivity index (χ0) is 19.8. The molecule has 1 aromatic carbocycles. The number of nitrogens with one attached hydrogen (secondary N) is 2. The molecule has 7 nitrogen and oxygen atoms in total. The average Bonchev–Trinajstić information content (AvgIpc) is 2.59. The lowest BCUT2D eigenvalue weighted by molar-refractivity contribution is -0.0425. The molecule has 0 aliphatic carbocycles. The van der Waals surface area contributed by atoms with Crippen molar-refractivity contribution in [3.05, 3.63) is 36.3 Å². The van der Waals surface area contributed by atoms with E-state index in [2.05, 4.69) is 15.3 Å². The third-order valence-corrected chi connectivity index (χ3v) is 5.53. The van der Waals surface area contributed by atoms with Gasteiger partial charge < -0.3 is 15.0 Å². The van der Waals surface area contributed by atoms with Gasteiger partial charge in [0.1, 0.15) is 0 Å². The summed E-state index contributed by atoms with van der Waals surface area (Å²) in [5, 5.41) is 3.02. The zero-order valence-electron chi connectivity index (χ0n) is 15.8. The summed E-state index contributed by atoms with van der Waals surface area (Å²) in [4.78, 5) is 10.7. The lowest BCUT2D eigenvalue weighted by Gasteiger charge is -2.43. The largest absolute Gasteiger partial charge is 0.372 e. The Morgan fingerprint density at radius 2 is 2.04 bits per heavy atom. The van der Waals surface area contributed by atoms with Crippen molar-refractivity contribution in [3.8, 4) is 0 Å². The molecular formula is C18H24FN5O2S. The van der Waals surface area contributed by atoms with E-state index in [1.807, 2.05) is 25.7 Å². The smallest absolute Gasteiger partial charge is 0.229 e. The summed E-state index contributed by atoms with van der Waals surface area (Å²) in [6.07, 6.45) is 2.52. The van der Waals surface area contributed by atoms with Crippen LogP contribution in [0.25, 0.3) is 0 Å². The van der Waals surface area contributed by atoms with Crippen molar-refractivity contribution in [2.75, 3.05) is 29.6 Å². The second-order valence-corrected chi connectivity index (χ2v) is 9.56. The van der Waals surface area contributed by atoms with Gasteiger partial charge in [-0.25, -0.2) is 18.4 Å². The summed E-state index contributed by atoms with van der Waals surface area (Å²) >= 11 is 0. The van der Waals surface area contributed by atoms with E-state index in [4.69, 9.17) is 9.52 Å². The Kier molecular flexibility index (Phi) is 5.09. The van der Waals surface area contributed by atoms with Crippen LogP contribution in [0, 0.1) is 10.6 Å². The van der Waals surface area contributed by atoms with Gasteiger partial charge in [-0.2, -0.15) is 4.98 Å². The maximum atomic E-state index is 14.4. The Labute approximate surface area is 158 Å². The van der Waals surface area contributed by atoms with E-state index >= 15 is 0 Å². The van der Waals surface area contributed by atoms with E-state index in [0.29, 0.717) is 23.7 Å². The number of ether oxygens (including phenoxy) is 1. The normalized spacial score (nSPS) is 21.5. The van der Waals surface area contributed by atoms with E-state index in [1.165, 1.54) is 6.26 Å². The molecule has 9 heteroatoms. The fourth-order valence-corrected chi connectivity index (χ4v) is 3.53. The highest BCUT2D eigenvalue weighted by atomic mass is 32.2. The highest BCUT2D eigenvalue weighted by Gasteiger charge is 2.34. The van der Waals surface area contributed by atoms with Crippen molar-refractivity contribution in [3.63, 3.8) is 0 Å². The van der Waals surface area contributed by atoms with E-state index in [1.54, 1.807) is 24.3 Å². The topological polar surface area (TPSA) is 91.2 Å². The van der Waals surface area contributed by atoms with Crippen LogP contribution in [0.1, 0.15) is 20.8 Å². The molecule has 1 unspecified atom stereocenters. The third kappa shape index (κ3) is 4.54. The van der Waals surface area contributed by atoms with Gasteiger partial charge in [0.15, 0.2) is 11.6 Å². The van der Waals surface area contributed by atoms with E-state index in [-0.39, 0.29) is 17.8 Å². The van der Waals surface area contributed by atoms with Gasteiger partial charge in [0.05, 0.1) is 34.2 Å². The fourth-order valence-electron chi connectivity index (χ4n) is 2.88. The van der Waals surface area contributed by atoms with Crippen molar-refractivity contribution in [2.45, 2.75) is 37.3 Å². The standard InChI is InChI=1S/C18H24FN5O2S/c1-12-10-26-18(2,3)11-24(12)16-15(19)9-21-17(23-16)22-13-5-7-14(8-6-13)27(4,20)25/h5-9,12,20H,10-11H2,1-4H3,(H,21,22,23)/t12-,27?/m0/s1. The van der Waals surface area contributed by atoms with Crippen LogP contribution >= 0.6 is 0 Å². The number of aromatic nitrogens is 2. The molecule has 0 spiro atoms. The Balaban J connectivity index is 1.85. The molecule has 3 rings (SSSR count). The lowest BCUT2D eigenvalue weighted by atomic mass is 10.0. The van der Waals surface area contributed by atoms with Crippen molar-refractivity contribution < 1.29 is 13.3 Å². The molecule has 1 aromatic heterocycles. The molecule has 2 heterocycles. The van der Waals surface area contributed by atoms with Crippen molar-refractivity contribution in [1.82, 2.24) is 9.97 Å². The SMILES string of the molecule is C[C@H]1COC(C)(C)CN1c1nc(Nc2ccc(S(C)(=N)=O)cc2)ncc1F. The molecule has 2 N–H and O–H groups in total. The van der Waals surface area contributed by atoms with Gasteiger partial charge in [-0.3, -0.25) is 0 Å². The predicted octanol–water partition coefficient (Wildman–Crippen LogP) is 3.40. The Morgan fingerprint density at radius 1 is 1.37 bits per heavy atom. The first kappa shape index (κ1) is 19.5. The second kappa shape index (κ2) is 7.05. The molecule has 0 amide bonds. The van der Waals surface area contributed by atoms with Gasteiger partial charge in [0, 0.05) is 23.4 Å². The number of nitrogens with zero attached hydrogens (tertiary/aromatic N) is 3. The van der Waals surface area contributed by atoms with E-state index < -0.39 is 21.1 Å². The van der Waals surface area contributed by atoms with Crippen molar-refractivity contribution in [1.29, 1.82) is 4.78 Å². The number of hydrogen-bond acceptors (Lipinski definition) is 7. The Bertz CT molecular complexity index is 931. The molecule has 1 aliphatic heterocycles. The van der Waals surface area contributed by atoms with Gasteiger partial charge in [-0.15, -0.1) is 0 Å². The molecule has 1 fully saturated rings. The molecule has 2 aromatic rings. The van der Waals surface area contributed by atoms with Crippen LogP contribution in [0.5, 0.6) is 0 Å². The molecule has 0 radical (unpaired) electrons. The summed E-state index contributed by atoms with van der Waals surface area (Å²) in [5.74, 6) is 0.00913. The predicted molar refractivity (Wildman–Crippen MR) is 104 cm³/mol. The minimum Gasteiger partial charge on any atom is -0.372 e. The van der Waals surface area contributed by atoms with Crippen LogP contribution < -0.4 is 10.2 Å². The second-order valence-electron chi connectivity index (χ2n) is 7.41. The summed E-state index contributed by atoms with van der Waals surface area (Å²) in [5.41, 5.74) is 0.270. The number of hydrogen-bond donors (Lipinski definition) is 2. The summed E-state index contributed by atoms with van der Waals surface area (Å²) in [6.45, 7) is 6.90. The van der Waals surface area contributed by atoms with Crippen LogP contribution in [-0.4, -0.2) is 45.2 Å². The maximum absolute atomic E-state index is 14.4. The Hall–Kier alpha value is -2.26. The Morgan fingerprint density at radius 3 is 2.67 bits per heavy atom. The van der Waals surface area contributed by atoms with Crippen LogP contribution in [0.4, 0.5) is 21.8 Å². The van der Waals surface area contributed by atoms with Gasteiger partial charge >= 0.3 is 0 Å². The van der Waals surface area contributed by atoms with E-state index in [0.717, 1.165) is 6.20 Å². The first-order valence-corrected chi connectivity index (χ1v) is 10.6. The molecule has 1 saturated heterocycles. The molecule has 0 bridgehead atoms. The first-order chi connectivity index (χ1) is 12.5. The van der Waals surface area contributed by atoms with E-state index in [9.17, 15) is 8.60 Å². The van der Waals surface area contributed by atoms with Gasteiger partial charge in [-0.05, 0) is 45.0 Å². The third-order valence-electron chi connectivity index (χ3n) is 4.36. The maximum Gasteiger partial charge on any atom is 0.229 e. The van der Waals surface area contributed by atoms with Crippen LogP contribution in [-0.2, 0) is 14.5 Å². The molecule has 2 atom stereocenters. The molecule has 146 valence electrons. The summed E-state index contributed by atoms with van der Waals surface area (Å²) in [7, 11) is -2.76. The first-order valence-electron chi connectivity index (χ1n) is 8.59. The van der Waals surface area contributed by atoms with Crippen molar-refractivity contribution >= 4 is 27.2 Å². The highest BCUT2D eigenvalue weighted by Crippen LogP contribution is 2.28. The molecule has 0 saturated carbocycles. The number of morpholine rings is 1. The number of rotatable bonds is 4. The quantitative estimate of drug-likeness (QED) is 0.827. The number of halogens is 1. The average molecular weight is 393 g/mol. The van der Waals surface area contributed by atoms with Crippen LogP contribution in [0.3, 0.4) is 0 Å². The highest BCUT2D eigenvalue weighted by molar-refractivity contribution is 7.91.